The van der Waals surface area contributed by atoms with E-state index in [1.54, 1.807) is 12.1 Å². The Kier molecular flexibility index (Phi) is 6.63. The molecule has 0 spiro atoms. The van der Waals surface area contributed by atoms with Crippen LogP contribution in [0, 0.1) is 5.82 Å². The Morgan fingerprint density at radius 1 is 1.15 bits per heavy atom. The predicted molar refractivity (Wildman–Crippen MR) is 104 cm³/mol. The van der Waals surface area contributed by atoms with Gasteiger partial charge in [-0.1, -0.05) is 34.1 Å². The summed E-state index contributed by atoms with van der Waals surface area (Å²) in [4.78, 5) is 14.3. The molecular weight excluding hydrogens is 399 g/mol. The van der Waals surface area contributed by atoms with E-state index in [1.807, 2.05) is 12.1 Å². The number of hydrogen-bond acceptors (Lipinski definition) is 3. The molecule has 1 fully saturated rings. The van der Waals surface area contributed by atoms with Gasteiger partial charge in [-0.05, 0) is 41.8 Å². The van der Waals surface area contributed by atoms with Crippen LogP contribution in [0.4, 0.5) is 10.1 Å². The molecule has 2 aromatic rings. The molecule has 6 heteroatoms. The summed E-state index contributed by atoms with van der Waals surface area (Å²) in [6.07, 6.45) is 0.658. The molecule has 0 radical (unpaired) electrons. The van der Waals surface area contributed by atoms with Gasteiger partial charge in [0.1, 0.15) is 5.82 Å². The number of nitrogens with zero attached hydrogens (tertiary/aromatic N) is 1. The number of anilines is 1. The van der Waals surface area contributed by atoms with Crippen molar-refractivity contribution in [2.75, 3.05) is 31.2 Å². The van der Waals surface area contributed by atoms with Crippen LogP contribution < -0.4 is 10.2 Å². The first-order valence-corrected chi connectivity index (χ1v) is 9.53. The van der Waals surface area contributed by atoms with Crippen LogP contribution in [0.15, 0.2) is 46.9 Å². The average Bonchev–Trinajstić information content (AvgIpc) is 2.67. The third-order valence-corrected chi connectivity index (χ3v) is 4.93. The molecule has 0 atom stereocenters. The Balaban J connectivity index is 1.45. The van der Waals surface area contributed by atoms with E-state index in [-0.39, 0.29) is 18.1 Å². The molecule has 1 saturated heterocycles. The van der Waals surface area contributed by atoms with Gasteiger partial charge in [0.25, 0.3) is 0 Å². The Hall–Kier alpha value is -1.92. The number of carbonyl (C=O) groups excluding carboxylic acids is 1. The van der Waals surface area contributed by atoms with E-state index >= 15 is 0 Å². The number of hydrogen-bond donors (Lipinski definition) is 1. The van der Waals surface area contributed by atoms with Crippen LogP contribution >= 0.6 is 15.9 Å². The summed E-state index contributed by atoms with van der Waals surface area (Å²) in [6, 6.07) is 13.1. The zero-order chi connectivity index (χ0) is 18.4. The molecule has 1 amide bonds. The van der Waals surface area contributed by atoms with E-state index in [1.165, 1.54) is 11.8 Å². The minimum Gasteiger partial charge on any atom is -0.378 e. The van der Waals surface area contributed by atoms with E-state index in [0.29, 0.717) is 23.0 Å². The van der Waals surface area contributed by atoms with Gasteiger partial charge in [0.15, 0.2) is 0 Å². The summed E-state index contributed by atoms with van der Waals surface area (Å²) in [6.45, 7) is 3.81. The monoisotopic (exact) mass is 420 g/mol. The highest BCUT2D eigenvalue weighted by Gasteiger charge is 2.11. The summed E-state index contributed by atoms with van der Waals surface area (Å²) in [7, 11) is 0. The number of carbonyl (C=O) groups is 1. The lowest BCUT2D eigenvalue weighted by Crippen LogP contribution is -2.36. The summed E-state index contributed by atoms with van der Waals surface area (Å²) in [5, 5.41) is 2.89. The number of benzene rings is 2. The second kappa shape index (κ2) is 9.14. The Morgan fingerprint density at radius 3 is 2.58 bits per heavy atom. The van der Waals surface area contributed by atoms with Crippen molar-refractivity contribution in [1.82, 2.24) is 5.32 Å². The lowest BCUT2D eigenvalue weighted by molar-refractivity contribution is -0.121. The fourth-order valence-electron chi connectivity index (χ4n) is 2.91. The van der Waals surface area contributed by atoms with Gasteiger partial charge in [-0.25, -0.2) is 4.39 Å². The first kappa shape index (κ1) is 18.9. The van der Waals surface area contributed by atoms with Crippen LogP contribution in [0.25, 0.3) is 0 Å². The van der Waals surface area contributed by atoms with Gasteiger partial charge in [0.2, 0.25) is 5.91 Å². The van der Waals surface area contributed by atoms with Crippen LogP contribution in [-0.2, 0) is 22.5 Å². The number of halogens is 2. The van der Waals surface area contributed by atoms with Crippen molar-refractivity contribution in [1.29, 1.82) is 0 Å². The maximum Gasteiger partial charge on any atom is 0.220 e. The van der Waals surface area contributed by atoms with Crippen molar-refractivity contribution in [3.05, 3.63) is 63.9 Å². The van der Waals surface area contributed by atoms with Gasteiger partial charge in [-0.3, -0.25) is 4.79 Å². The molecule has 0 unspecified atom stereocenters. The molecule has 1 aliphatic rings. The normalized spacial score (nSPS) is 14.3. The topological polar surface area (TPSA) is 41.6 Å². The van der Waals surface area contributed by atoms with Gasteiger partial charge < -0.3 is 15.0 Å². The van der Waals surface area contributed by atoms with Gasteiger partial charge in [-0.2, -0.15) is 0 Å². The van der Waals surface area contributed by atoms with E-state index < -0.39 is 0 Å². The smallest absolute Gasteiger partial charge is 0.220 e. The highest BCUT2D eigenvalue weighted by molar-refractivity contribution is 9.10. The molecule has 3 rings (SSSR count). The third-order valence-electron chi connectivity index (χ3n) is 4.44. The fraction of sp³-hybridized carbons (Fsp3) is 0.350. The average molecular weight is 421 g/mol. The molecule has 0 aromatic heterocycles. The summed E-state index contributed by atoms with van der Waals surface area (Å²) in [5.74, 6) is -0.365. The number of amides is 1. The Labute approximate surface area is 161 Å². The molecule has 138 valence electrons. The maximum absolute atomic E-state index is 13.8. The zero-order valence-electron chi connectivity index (χ0n) is 14.5. The van der Waals surface area contributed by atoms with Gasteiger partial charge >= 0.3 is 0 Å². The van der Waals surface area contributed by atoms with Gasteiger partial charge in [0.05, 0.1) is 13.2 Å². The van der Waals surface area contributed by atoms with Crippen LogP contribution in [0.3, 0.4) is 0 Å². The van der Waals surface area contributed by atoms with E-state index in [4.69, 9.17) is 4.74 Å². The molecule has 1 heterocycles. The summed E-state index contributed by atoms with van der Waals surface area (Å²) in [5.41, 5.74) is 2.78. The van der Waals surface area contributed by atoms with Crippen LogP contribution in [0.1, 0.15) is 17.5 Å². The van der Waals surface area contributed by atoms with Crippen LogP contribution in [0.2, 0.25) is 0 Å². The van der Waals surface area contributed by atoms with Crippen molar-refractivity contribution >= 4 is 27.5 Å². The lowest BCUT2D eigenvalue weighted by atomic mass is 10.1. The molecular formula is C20H22BrFN2O2. The quantitative estimate of drug-likeness (QED) is 0.774. The van der Waals surface area contributed by atoms with E-state index in [2.05, 4.69) is 38.3 Å². The van der Waals surface area contributed by atoms with Gasteiger partial charge in [0, 0.05) is 36.2 Å². The molecule has 2 aromatic carbocycles. The Morgan fingerprint density at radius 2 is 1.88 bits per heavy atom. The van der Waals surface area contributed by atoms with E-state index in [0.717, 1.165) is 31.9 Å². The maximum atomic E-state index is 13.8. The minimum absolute atomic E-state index is 0.0791. The summed E-state index contributed by atoms with van der Waals surface area (Å²) < 4.78 is 19.8. The summed E-state index contributed by atoms with van der Waals surface area (Å²) >= 11 is 3.23. The second-order valence-electron chi connectivity index (χ2n) is 6.28. The number of aryl methyl sites for hydroxylation is 1. The number of nitrogens with one attached hydrogen (secondary N) is 1. The number of morpholine rings is 1. The zero-order valence-corrected chi connectivity index (χ0v) is 16.1. The first-order chi connectivity index (χ1) is 12.6. The second-order valence-corrected chi connectivity index (χ2v) is 7.19. The molecule has 26 heavy (non-hydrogen) atoms. The predicted octanol–water partition coefficient (Wildman–Crippen LogP) is 3.67. The molecule has 0 bridgehead atoms. The third kappa shape index (κ3) is 5.29. The minimum atomic E-state index is -0.286. The largest absolute Gasteiger partial charge is 0.378 e. The molecule has 1 N–H and O–H groups in total. The highest BCUT2D eigenvalue weighted by atomic mass is 79.9. The fourth-order valence-corrected chi connectivity index (χ4v) is 3.24. The molecule has 0 saturated carbocycles. The first-order valence-electron chi connectivity index (χ1n) is 8.74. The number of ether oxygens (including phenoxy) is 1. The molecule has 1 aliphatic heterocycles. The van der Waals surface area contributed by atoms with Gasteiger partial charge in [-0.15, -0.1) is 0 Å². The van der Waals surface area contributed by atoms with Crippen molar-refractivity contribution in [2.24, 2.45) is 0 Å². The van der Waals surface area contributed by atoms with Crippen molar-refractivity contribution < 1.29 is 13.9 Å². The van der Waals surface area contributed by atoms with Crippen LogP contribution in [-0.4, -0.2) is 32.2 Å². The highest BCUT2D eigenvalue weighted by Crippen LogP contribution is 2.18. The Bertz CT molecular complexity index is 746. The van der Waals surface area contributed by atoms with E-state index in [9.17, 15) is 9.18 Å². The van der Waals surface area contributed by atoms with Crippen LogP contribution in [0.5, 0.6) is 0 Å². The molecule has 0 aliphatic carbocycles. The van der Waals surface area contributed by atoms with Crippen molar-refractivity contribution in [2.45, 2.75) is 19.4 Å². The van der Waals surface area contributed by atoms with Crippen molar-refractivity contribution in [3.63, 3.8) is 0 Å². The lowest BCUT2D eigenvalue weighted by Gasteiger charge is -2.28. The molecule has 4 nitrogen and oxygen atoms in total. The van der Waals surface area contributed by atoms with Crippen molar-refractivity contribution in [3.8, 4) is 0 Å². The SMILES string of the molecule is O=C(CCc1ccc(Br)cc1F)NCc1ccc(N2CCOCC2)cc1. The number of rotatable bonds is 6. The standard InChI is InChI=1S/C20H22BrFN2O2/c21-17-5-3-16(19(22)13-17)4-8-20(25)23-14-15-1-6-18(7-2-15)24-9-11-26-12-10-24/h1-3,5-7,13H,4,8-12,14H2,(H,23,25).